The SMILES string of the molecule is Cc1cccc(Nc2nccc(CO)n2)c1C. The van der Waals surface area contributed by atoms with Gasteiger partial charge >= 0.3 is 0 Å². The summed E-state index contributed by atoms with van der Waals surface area (Å²) in [6.45, 7) is 4.03. The summed E-state index contributed by atoms with van der Waals surface area (Å²) in [5.74, 6) is 0.505. The third-order valence-electron chi connectivity index (χ3n) is 2.73. The molecule has 0 saturated heterocycles. The lowest BCUT2D eigenvalue weighted by Gasteiger charge is -2.10. The first-order chi connectivity index (χ1) is 8.20. The molecule has 0 unspecified atom stereocenters. The highest BCUT2D eigenvalue weighted by Gasteiger charge is 2.03. The van der Waals surface area contributed by atoms with E-state index in [1.54, 1.807) is 12.3 Å². The van der Waals surface area contributed by atoms with E-state index < -0.39 is 0 Å². The minimum absolute atomic E-state index is 0.0794. The zero-order chi connectivity index (χ0) is 12.3. The number of aryl methyl sites for hydroxylation is 1. The Morgan fingerprint density at radius 3 is 2.82 bits per heavy atom. The van der Waals surface area contributed by atoms with Gasteiger partial charge in [0.05, 0.1) is 12.3 Å². The Balaban J connectivity index is 2.28. The van der Waals surface area contributed by atoms with Crippen LogP contribution >= 0.6 is 0 Å². The van der Waals surface area contributed by atoms with Gasteiger partial charge in [0.25, 0.3) is 0 Å². The van der Waals surface area contributed by atoms with Crippen molar-refractivity contribution in [1.82, 2.24) is 9.97 Å². The Kier molecular flexibility index (Phi) is 3.35. The highest BCUT2D eigenvalue weighted by Crippen LogP contribution is 2.20. The molecule has 0 saturated carbocycles. The number of nitrogens with zero attached hydrogens (tertiary/aromatic N) is 2. The molecule has 2 aromatic rings. The molecule has 0 bridgehead atoms. The normalized spacial score (nSPS) is 10.3. The molecule has 2 rings (SSSR count). The van der Waals surface area contributed by atoms with Gasteiger partial charge in [-0.05, 0) is 37.1 Å². The van der Waals surface area contributed by atoms with Crippen molar-refractivity contribution in [2.24, 2.45) is 0 Å². The largest absolute Gasteiger partial charge is 0.390 e. The second kappa shape index (κ2) is 4.93. The van der Waals surface area contributed by atoms with Crippen molar-refractivity contribution in [1.29, 1.82) is 0 Å². The lowest BCUT2D eigenvalue weighted by molar-refractivity contribution is 0.277. The molecule has 1 aromatic heterocycles. The van der Waals surface area contributed by atoms with Crippen LogP contribution in [0.3, 0.4) is 0 Å². The maximum absolute atomic E-state index is 9.01. The highest BCUT2D eigenvalue weighted by atomic mass is 16.3. The molecule has 0 spiro atoms. The average Bonchev–Trinajstić information content (AvgIpc) is 2.35. The number of aliphatic hydroxyl groups excluding tert-OH is 1. The summed E-state index contributed by atoms with van der Waals surface area (Å²) in [6.07, 6.45) is 1.63. The van der Waals surface area contributed by atoms with Gasteiger partial charge in [-0.3, -0.25) is 0 Å². The third-order valence-corrected chi connectivity index (χ3v) is 2.73. The second-order valence-corrected chi connectivity index (χ2v) is 3.90. The lowest BCUT2D eigenvalue weighted by atomic mass is 10.1. The topological polar surface area (TPSA) is 58.0 Å². The molecule has 0 aliphatic heterocycles. The maximum atomic E-state index is 9.01. The Morgan fingerprint density at radius 2 is 2.06 bits per heavy atom. The first-order valence-electron chi connectivity index (χ1n) is 5.46. The van der Waals surface area contributed by atoms with Gasteiger partial charge < -0.3 is 10.4 Å². The Morgan fingerprint density at radius 1 is 1.24 bits per heavy atom. The van der Waals surface area contributed by atoms with Gasteiger partial charge in [0.15, 0.2) is 0 Å². The summed E-state index contributed by atoms with van der Waals surface area (Å²) in [5, 5.41) is 12.2. The van der Waals surface area contributed by atoms with Crippen molar-refractivity contribution >= 4 is 11.6 Å². The van der Waals surface area contributed by atoms with E-state index in [9.17, 15) is 0 Å². The van der Waals surface area contributed by atoms with Crippen molar-refractivity contribution in [2.75, 3.05) is 5.32 Å². The molecule has 1 heterocycles. The van der Waals surface area contributed by atoms with Crippen molar-refractivity contribution < 1.29 is 5.11 Å². The van der Waals surface area contributed by atoms with Crippen molar-refractivity contribution in [3.63, 3.8) is 0 Å². The van der Waals surface area contributed by atoms with Gasteiger partial charge in [0.1, 0.15) is 0 Å². The van der Waals surface area contributed by atoms with Crippen molar-refractivity contribution in [2.45, 2.75) is 20.5 Å². The minimum Gasteiger partial charge on any atom is -0.390 e. The fourth-order valence-electron chi connectivity index (χ4n) is 1.55. The van der Waals surface area contributed by atoms with Crippen LogP contribution in [0.2, 0.25) is 0 Å². The molecule has 0 aliphatic rings. The van der Waals surface area contributed by atoms with Gasteiger partial charge in [-0.1, -0.05) is 12.1 Å². The average molecular weight is 229 g/mol. The molecule has 88 valence electrons. The molecule has 4 heteroatoms. The van der Waals surface area contributed by atoms with E-state index in [4.69, 9.17) is 5.11 Å². The van der Waals surface area contributed by atoms with E-state index in [-0.39, 0.29) is 6.61 Å². The van der Waals surface area contributed by atoms with Crippen LogP contribution in [-0.2, 0) is 6.61 Å². The molecule has 0 atom stereocenters. The summed E-state index contributed by atoms with van der Waals surface area (Å²) in [7, 11) is 0. The van der Waals surface area contributed by atoms with Gasteiger partial charge in [-0.25, -0.2) is 9.97 Å². The number of rotatable bonds is 3. The van der Waals surface area contributed by atoms with Crippen LogP contribution < -0.4 is 5.32 Å². The Labute approximate surface area is 100 Å². The second-order valence-electron chi connectivity index (χ2n) is 3.90. The van der Waals surface area contributed by atoms with Crippen LogP contribution in [-0.4, -0.2) is 15.1 Å². The molecule has 1 aromatic carbocycles. The van der Waals surface area contributed by atoms with Crippen LogP contribution in [0.5, 0.6) is 0 Å². The standard InChI is InChI=1S/C13H15N3O/c1-9-4-3-5-12(10(9)2)16-13-14-7-6-11(8-17)15-13/h3-7,17H,8H2,1-2H3,(H,14,15,16). The summed E-state index contributed by atoms with van der Waals surface area (Å²) < 4.78 is 0. The number of hydrogen-bond acceptors (Lipinski definition) is 4. The maximum Gasteiger partial charge on any atom is 0.227 e. The molecular formula is C13H15N3O. The fraction of sp³-hybridized carbons (Fsp3) is 0.231. The molecule has 17 heavy (non-hydrogen) atoms. The number of nitrogens with one attached hydrogen (secondary N) is 1. The van der Waals surface area contributed by atoms with Crippen LogP contribution in [0, 0.1) is 13.8 Å². The minimum atomic E-state index is -0.0794. The van der Waals surface area contributed by atoms with Crippen molar-refractivity contribution in [3.8, 4) is 0 Å². The smallest absolute Gasteiger partial charge is 0.227 e. The van der Waals surface area contributed by atoms with E-state index >= 15 is 0 Å². The Bertz CT molecular complexity index is 526. The predicted octanol–water partition coefficient (Wildman–Crippen LogP) is 2.33. The monoisotopic (exact) mass is 229 g/mol. The van der Waals surface area contributed by atoms with E-state index in [0.29, 0.717) is 11.6 Å². The summed E-state index contributed by atoms with van der Waals surface area (Å²) in [6, 6.07) is 7.72. The molecule has 0 fully saturated rings. The summed E-state index contributed by atoms with van der Waals surface area (Å²) in [4.78, 5) is 8.31. The molecule has 0 radical (unpaired) electrons. The van der Waals surface area contributed by atoms with Gasteiger partial charge in [-0.2, -0.15) is 0 Å². The van der Waals surface area contributed by atoms with E-state index in [0.717, 1.165) is 5.69 Å². The number of aliphatic hydroxyl groups is 1. The van der Waals surface area contributed by atoms with Gasteiger partial charge in [0.2, 0.25) is 5.95 Å². The molecule has 2 N–H and O–H groups in total. The van der Waals surface area contributed by atoms with E-state index in [2.05, 4.69) is 28.3 Å². The summed E-state index contributed by atoms with van der Waals surface area (Å²) in [5.41, 5.74) is 3.98. The number of aromatic nitrogens is 2. The van der Waals surface area contributed by atoms with E-state index in [1.165, 1.54) is 11.1 Å². The third kappa shape index (κ3) is 2.60. The zero-order valence-electron chi connectivity index (χ0n) is 9.94. The van der Waals surface area contributed by atoms with Gasteiger partial charge in [-0.15, -0.1) is 0 Å². The van der Waals surface area contributed by atoms with Gasteiger partial charge in [0, 0.05) is 11.9 Å². The van der Waals surface area contributed by atoms with Crippen molar-refractivity contribution in [3.05, 3.63) is 47.3 Å². The predicted molar refractivity (Wildman–Crippen MR) is 67.2 cm³/mol. The lowest BCUT2D eigenvalue weighted by Crippen LogP contribution is -2.01. The number of hydrogen-bond donors (Lipinski definition) is 2. The first-order valence-corrected chi connectivity index (χ1v) is 5.46. The first kappa shape index (κ1) is 11.5. The number of anilines is 2. The Hall–Kier alpha value is -1.94. The summed E-state index contributed by atoms with van der Waals surface area (Å²) >= 11 is 0. The highest BCUT2D eigenvalue weighted by molar-refractivity contribution is 5.59. The molecule has 4 nitrogen and oxygen atoms in total. The fourth-order valence-corrected chi connectivity index (χ4v) is 1.55. The van der Waals surface area contributed by atoms with E-state index in [1.807, 2.05) is 19.1 Å². The number of benzene rings is 1. The molecule has 0 amide bonds. The molecule has 0 aliphatic carbocycles. The van der Waals surface area contributed by atoms with Crippen LogP contribution in [0.25, 0.3) is 0 Å². The van der Waals surface area contributed by atoms with Crippen LogP contribution in [0.1, 0.15) is 16.8 Å². The molecular weight excluding hydrogens is 214 g/mol. The quantitative estimate of drug-likeness (QED) is 0.848. The van der Waals surface area contributed by atoms with Crippen LogP contribution in [0.15, 0.2) is 30.5 Å². The zero-order valence-corrected chi connectivity index (χ0v) is 9.94. The van der Waals surface area contributed by atoms with Crippen LogP contribution in [0.4, 0.5) is 11.6 Å².